The Labute approximate surface area is 198 Å². The van der Waals surface area contributed by atoms with Crippen LogP contribution in [0.3, 0.4) is 0 Å². The summed E-state index contributed by atoms with van der Waals surface area (Å²) in [5.41, 5.74) is 2.97. The Kier molecular flexibility index (Phi) is 7.65. The average molecular weight is 462 g/mol. The monoisotopic (exact) mass is 461 g/mol. The molecule has 3 aromatic carbocycles. The second-order valence-corrected chi connectivity index (χ2v) is 7.91. The van der Waals surface area contributed by atoms with Crippen molar-refractivity contribution in [1.29, 1.82) is 0 Å². The minimum absolute atomic E-state index is 0.281. The number of para-hydroxylation sites is 1. The molecule has 0 unspecified atom stereocenters. The van der Waals surface area contributed by atoms with Gasteiger partial charge < -0.3 is 24.3 Å². The number of ether oxygens (including phenoxy) is 4. The van der Waals surface area contributed by atoms with E-state index in [2.05, 4.69) is 5.32 Å². The molecular weight excluding hydrogens is 434 g/mol. The van der Waals surface area contributed by atoms with Crippen LogP contribution in [0.5, 0.6) is 17.2 Å². The summed E-state index contributed by atoms with van der Waals surface area (Å²) in [6.07, 6.45) is 0.687. The van der Waals surface area contributed by atoms with Crippen LogP contribution in [0.15, 0.2) is 72.8 Å². The van der Waals surface area contributed by atoms with E-state index in [4.69, 9.17) is 18.9 Å². The first kappa shape index (κ1) is 23.2. The Balaban J connectivity index is 1.23. The van der Waals surface area contributed by atoms with E-state index in [9.17, 15) is 9.59 Å². The smallest absolute Gasteiger partial charge is 0.344 e. The number of hydrogen-bond acceptors (Lipinski definition) is 6. The Hall–Kier alpha value is -4.00. The Bertz CT molecular complexity index is 1130. The molecule has 1 atom stereocenters. The predicted molar refractivity (Wildman–Crippen MR) is 126 cm³/mol. The fourth-order valence-electron chi connectivity index (χ4n) is 3.63. The van der Waals surface area contributed by atoms with Crippen molar-refractivity contribution in [3.63, 3.8) is 0 Å². The molecule has 4 rings (SSSR count). The van der Waals surface area contributed by atoms with Crippen molar-refractivity contribution in [2.75, 3.05) is 26.4 Å². The highest BCUT2D eigenvalue weighted by atomic mass is 16.6. The van der Waals surface area contributed by atoms with Crippen LogP contribution in [0.2, 0.25) is 0 Å². The normalized spacial score (nSPS) is 13.0. The third-order valence-electron chi connectivity index (χ3n) is 5.36. The molecule has 0 saturated carbocycles. The standard InChI is InChI=1S/C27H27NO6/c1-19(21-11-12-24-25(16-21)32-14-13-31-24)28-26(29)17-34-27(30)18-33-23-10-6-5-9-22(23)15-20-7-3-2-4-8-20/h2-12,16,19H,13-15,17-18H2,1H3,(H,28,29)/t19-/m0/s1. The predicted octanol–water partition coefficient (Wildman–Crippen LogP) is 3.85. The molecule has 176 valence electrons. The quantitative estimate of drug-likeness (QED) is 0.488. The van der Waals surface area contributed by atoms with Gasteiger partial charge in [0.15, 0.2) is 24.7 Å². The highest BCUT2D eigenvalue weighted by Gasteiger charge is 2.17. The van der Waals surface area contributed by atoms with Gasteiger partial charge in [-0.25, -0.2) is 4.79 Å². The summed E-state index contributed by atoms with van der Waals surface area (Å²) in [6.45, 7) is 2.19. The third kappa shape index (κ3) is 6.28. The van der Waals surface area contributed by atoms with Gasteiger partial charge in [0, 0.05) is 6.42 Å². The maximum atomic E-state index is 12.3. The lowest BCUT2D eigenvalue weighted by Gasteiger charge is -2.21. The zero-order valence-corrected chi connectivity index (χ0v) is 19.0. The summed E-state index contributed by atoms with van der Waals surface area (Å²) in [6, 6.07) is 22.8. The van der Waals surface area contributed by atoms with Gasteiger partial charge in [0.05, 0.1) is 6.04 Å². The fraction of sp³-hybridized carbons (Fsp3) is 0.259. The van der Waals surface area contributed by atoms with Crippen LogP contribution in [-0.4, -0.2) is 38.3 Å². The lowest BCUT2D eigenvalue weighted by Crippen LogP contribution is -2.32. The van der Waals surface area contributed by atoms with E-state index in [0.29, 0.717) is 36.9 Å². The van der Waals surface area contributed by atoms with Crippen molar-refractivity contribution < 1.29 is 28.5 Å². The minimum Gasteiger partial charge on any atom is -0.486 e. The average Bonchev–Trinajstić information content (AvgIpc) is 2.87. The van der Waals surface area contributed by atoms with Crippen LogP contribution in [0.1, 0.15) is 29.7 Å². The van der Waals surface area contributed by atoms with Crippen LogP contribution in [0.25, 0.3) is 0 Å². The minimum atomic E-state index is -0.614. The molecule has 0 fully saturated rings. The first-order chi connectivity index (χ1) is 16.6. The zero-order valence-electron chi connectivity index (χ0n) is 19.0. The summed E-state index contributed by atoms with van der Waals surface area (Å²) in [4.78, 5) is 24.4. The lowest BCUT2D eigenvalue weighted by atomic mass is 10.0. The fourth-order valence-corrected chi connectivity index (χ4v) is 3.63. The number of amides is 1. The summed E-state index contributed by atoms with van der Waals surface area (Å²) >= 11 is 0. The van der Waals surface area contributed by atoms with E-state index in [1.54, 1.807) is 0 Å². The number of fused-ring (bicyclic) bond motifs is 1. The Morgan fingerprint density at radius 3 is 2.47 bits per heavy atom. The van der Waals surface area contributed by atoms with Crippen LogP contribution >= 0.6 is 0 Å². The second-order valence-electron chi connectivity index (χ2n) is 7.91. The van der Waals surface area contributed by atoms with Crippen molar-refractivity contribution in [3.05, 3.63) is 89.5 Å². The largest absolute Gasteiger partial charge is 0.486 e. The maximum absolute atomic E-state index is 12.3. The number of benzene rings is 3. The molecule has 1 heterocycles. The topological polar surface area (TPSA) is 83.1 Å². The molecule has 0 saturated heterocycles. The van der Waals surface area contributed by atoms with E-state index in [1.165, 1.54) is 0 Å². The van der Waals surface area contributed by atoms with Crippen LogP contribution in [0, 0.1) is 0 Å². The maximum Gasteiger partial charge on any atom is 0.344 e. The van der Waals surface area contributed by atoms with Gasteiger partial charge in [-0.15, -0.1) is 0 Å². The molecule has 0 bridgehead atoms. The molecule has 1 aliphatic rings. The van der Waals surface area contributed by atoms with E-state index in [-0.39, 0.29) is 19.3 Å². The number of hydrogen-bond donors (Lipinski definition) is 1. The van der Waals surface area contributed by atoms with Crippen molar-refractivity contribution >= 4 is 11.9 Å². The molecule has 0 radical (unpaired) electrons. The van der Waals surface area contributed by atoms with Gasteiger partial charge in [0.2, 0.25) is 0 Å². The van der Waals surface area contributed by atoms with Crippen LogP contribution < -0.4 is 19.5 Å². The van der Waals surface area contributed by atoms with E-state index < -0.39 is 11.9 Å². The number of carbonyl (C=O) groups excluding carboxylic acids is 2. The molecule has 7 heteroatoms. The van der Waals surface area contributed by atoms with Gasteiger partial charge in [-0.1, -0.05) is 54.6 Å². The summed E-state index contributed by atoms with van der Waals surface area (Å²) < 4.78 is 21.9. The van der Waals surface area contributed by atoms with Gasteiger partial charge >= 0.3 is 5.97 Å². The van der Waals surface area contributed by atoms with E-state index >= 15 is 0 Å². The van der Waals surface area contributed by atoms with Crippen molar-refractivity contribution in [2.24, 2.45) is 0 Å². The number of nitrogens with one attached hydrogen (secondary N) is 1. The molecule has 3 aromatic rings. The van der Waals surface area contributed by atoms with Crippen molar-refractivity contribution in [2.45, 2.75) is 19.4 Å². The molecule has 7 nitrogen and oxygen atoms in total. The van der Waals surface area contributed by atoms with Crippen LogP contribution in [-0.2, 0) is 20.7 Å². The van der Waals surface area contributed by atoms with Gasteiger partial charge in [-0.2, -0.15) is 0 Å². The first-order valence-corrected chi connectivity index (χ1v) is 11.2. The van der Waals surface area contributed by atoms with Crippen molar-refractivity contribution in [3.8, 4) is 17.2 Å². The number of esters is 1. The lowest BCUT2D eigenvalue weighted by molar-refractivity contribution is -0.150. The van der Waals surface area contributed by atoms with Gasteiger partial charge in [0.25, 0.3) is 5.91 Å². The second kappa shape index (κ2) is 11.2. The summed E-state index contributed by atoms with van der Waals surface area (Å²) in [5.74, 6) is 0.936. The number of rotatable bonds is 9. The molecule has 0 aromatic heterocycles. The Morgan fingerprint density at radius 1 is 0.912 bits per heavy atom. The molecule has 0 spiro atoms. The highest BCUT2D eigenvalue weighted by molar-refractivity contribution is 5.81. The summed E-state index contributed by atoms with van der Waals surface area (Å²) in [5, 5.41) is 2.82. The van der Waals surface area contributed by atoms with Gasteiger partial charge in [-0.05, 0) is 41.8 Å². The molecular formula is C27H27NO6. The summed E-state index contributed by atoms with van der Waals surface area (Å²) in [7, 11) is 0. The molecule has 0 aliphatic carbocycles. The molecule has 1 aliphatic heterocycles. The molecule has 1 N–H and O–H groups in total. The van der Waals surface area contributed by atoms with E-state index in [1.807, 2.05) is 79.7 Å². The Morgan fingerprint density at radius 2 is 1.65 bits per heavy atom. The van der Waals surface area contributed by atoms with E-state index in [0.717, 1.165) is 16.7 Å². The van der Waals surface area contributed by atoms with Crippen LogP contribution in [0.4, 0.5) is 0 Å². The molecule has 1 amide bonds. The SMILES string of the molecule is C[C@H](NC(=O)COC(=O)COc1ccccc1Cc1ccccc1)c1ccc2c(c1)OCCO2. The molecule has 34 heavy (non-hydrogen) atoms. The zero-order chi connectivity index (χ0) is 23.8. The van der Waals surface area contributed by atoms with Crippen molar-refractivity contribution in [1.82, 2.24) is 5.32 Å². The van der Waals surface area contributed by atoms with Gasteiger partial charge in [0.1, 0.15) is 19.0 Å². The third-order valence-corrected chi connectivity index (χ3v) is 5.36. The van der Waals surface area contributed by atoms with Gasteiger partial charge in [-0.3, -0.25) is 4.79 Å². The number of carbonyl (C=O) groups is 2. The first-order valence-electron chi connectivity index (χ1n) is 11.2. The highest BCUT2D eigenvalue weighted by Crippen LogP contribution is 2.32.